The van der Waals surface area contributed by atoms with Crippen molar-refractivity contribution in [3.05, 3.63) is 29.8 Å². The summed E-state index contributed by atoms with van der Waals surface area (Å²) in [4.78, 5) is 6.24. The van der Waals surface area contributed by atoms with Crippen molar-refractivity contribution in [3.8, 4) is 0 Å². The molecule has 2 heterocycles. The molecule has 0 amide bonds. The van der Waals surface area contributed by atoms with Gasteiger partial charge in [0.05, 0.1) is 6.20 Å². The summed E-state index contributed by atoms with van der Waals surface area (Å²) < 4.78 is 12.9. The molecule has 0 spiro atoms. The van der Waals surface area contributed by atoms with Crippen LogP contribution in [0.3, 0.4) is 0 Å². The van der Waals surface area contributed by atoms with Gasteiger partial charge >= 0.3 is 0 Å². The highest BCUT2D eigenvalue weighted by Gasteiger charge is 2.17. The van der Waals surface area contributed by atoms with E-state index in [0.29, 0.717) is 12.6 Å². The van der Waals surface area contributed by atoms with Crippen LogP contribution < -0.4 is 5.32 Å². The molecule has 94 valence electrons. The predicted molar refractivity (Wildman–Crippen MR) is 66.2 cm³/mol. The summed E-state index contributed by atoms with van der Waals surface area (Å²) >= 11 is 0. The Labute approximate surface area is 102 Å². The van der Waals surface area contributed by atoms with Crippen LogP contribution in [0.5, 0.6) is 0 Å². The van der Waals surface area contributed by atoms with E-state index in [1.165, 1.54) is 38.1 Å². The molecule has 0 aliphatic carbocycles. The topological polar surface area (TPSA) is 28.2 Å². The van der Waals surface area contributed by atoms with Gasteiger partial charge in [-0.3, -0.25) is 4.98 Å². The highest BCUT2D eigenvalue weighted by molar-refractivity contribution is 5.09. The molecule has 0 bridgehead atoms. The third-order valence-corrected chi connectivity index (χ3v) is 3.39. The van der Waals surface area contributed by atoms with Gasteiger partial charge in [0, 0.05) is 25.3 Å². The van der Waals surface area contributed by atoms with Gasteiger partial charge in [-0.15, -0.1) is 0 Å². The third kappa shape index (κ3) is 3.75. The molecule has 1 aliphatic rings. The number of likely N-dealkylation sites (tertiary alicyclic amines) is 1. The number of nitrogens with zero attached hydrogens (tertiary/aromatic N) is 2. The fraction of sp³-hybridized carbons (Fsp3) is 0.615. The zero-order valence-electron chi connectivity index (χ0n) is 10.3. The largest absolute Gasteiger partial charge is 0.311 e. The first-order valence-electron chi connectivity index (χ1n) is 6.26. The molecule has 1 atom stereocenters. The number of hydrogen-bond acceptors (Lipinski definition) is 3. The minimum atomic E-state index is -0.265. The first-order valence-corrected chi connectivity index (χ1v) is 6.26. The number of hydrogen-bond donors (Lipinski definition) is 1. The minimum absolute atomic E-state index is 0.265. The van der Waals surface area contributed by atoms with E-state index in [9.17, 15) is 4.39 Å². The van der Waals surface area contributed by atoms with Gasteiger partial charge in [-0.2, -0.15) is 0 Å². The minimum Gasteiger partial charge on any atom is -0.311 e. The lowest BCUT2D eigenvalue weighted by Gasteiger charge is -2.32. The summed E-state index contributed by atoms with van der Waals surface area (Å²) in [6, 6.07) is 2.15. The van der Waals surface area contributed by atoms with E-state index in [1.54, 1.807) is 6.20 Å². The van der Waals surface area contributed by atoms with Crippen LogP contribution in [0, 0.1) is 5.82 Å². The molecular formula is C13H20FN3. The number of aromatic nitrogens is 1. The fourth-order valence-corrected chi connectivity index (χ4v) is 2.34. The number of likely N-dealkylation sites (N-methyl/N-ethyl adjacent to an activating group) is 1. The van der Waals surface area contributed by atoms with Gasteiger partial charge in [0.1, 0.15) is 5.82 Å². The molecule has 1 aromatic heterocycles. The lowest BCUT2D eigenvalue weighted by atomic mass is 10.0. The first-order chi connectivity index (χ1) is 8.25. The van der Waals surface area contributed by atoms with Gasteiger partial charge < -0.3 is 10.2 Å². The molecule has 0 radical (unpaired) electrons. The van der Waals surface area contributed by atoms with E-state index in [2.05, 4.69) is 22.2 Å². The smallest absolute Gasteiger partial charge is 0.141 e. The van der Waals surface area contributed by atoms with E-state index in [4.69, 9.17) is 0 Å². The Kier molecular flexibility index (Phi) is 4.45. The van der Waals surface area contributed by atoms with E-state index in [1.807, 2.05) is 0 Å². The van der Waals surface area contributed by atoms with Crippen LogP contribution in [0.2, 0.25) is 0 Å². The normalized spacial score (nSPS) is 21.6. The molecule has 1 saturated heterocycles. The SMILES string of the molecule is CN1CCCCC1CNCc1cncc(F)c1. The Balaban J connectivity index is 1.75. The van der Waals surface area contributed by atoms with Crippen molar-refractivity contribution in [1.82, 2.24) is 15.2 Å². The molecule has 1 N–H and O–H groups in total. The Bertz CT molecular complexity index is 356. The summed E-state index contributed by atoms with van der Waals surface area (Å²) in [6.45, 7) is 2.84. The number of pyridine rings is 1. The molecule has 1 unspecified atom stereocenters. The second kappa shape index (κ2) is 6.07. The van der Waals surface area contributed by atoms with E-state index < -0.39 is 0 Å². The first kappa shape index (κ1) is 12.5. The van der Waals surface area contributed by atoms with Crippen LogP contribution in [-0.4, -0.2) is 36.1 Å². The standard InChI is InChI=1S/C13H20FN3/c1-17-5-3-2-4-13(17)10-16-8-11-6-12(14)9-15-7-11/h6-7,9,13,16H,2-5,8,10H2,1H3. The molecule has 4 heteroatoms. The number of rotatable bonds is 4. The number of piperidine rings is 1. The van der Waals surface area contributed by atoms with Crippen molar-refractivity contribution in [3.63, 3.8) is 0 Å². The predicted octanol–water partition coefficient (Wildman–Crippen LogP) is 1.79. The van der Waals surface area contributed by atoms with Crippen molar-refractivity contribution in [2.24, 2.45) is 0 Å². The summed E-state index contributed by atoms with van der Waals surface area (Å²) in [6.07, 6.45) is 6.82. The van der Waals surface area contributed by atoms with Gasteiger partial charge in [-0.1, -0.05) is 6.42 Å². The lowest BCUT2D eigenvalue weighted by molar-refractivity contribution is 0.181. The fourth-order valence-electron chi connectivity index (χ4n) is 2.34. The number of nitrogens with one attached hydrogen (secondary N) is 1. The molecular weight excluding hydrogens is 217 g/mol. The summed E-state index contributed by atoms with van der Waals surface area (Å²) in [5.41, 5.74) is 0.906. The average molecular weight is 237 g/mol. The molecule has 17 heavy (non-hydrogen) atoms. The maximum Gasteiger partial charge on any atom is 0.141 e. The van der Waals surface area contributed by atoms with Gasteiger partial charge in [0.25, 0.3) is 0 Å². The lowest BCUT2D eigenvalue weighted by Crippen LogP contribution is -2.42. The zero-order valence-corrected chi connectivity index (χ0v) is 10.3. The van der Waals surface area contributed by atoms with Crippen LogP contribution in [0.1, 0.15) is 24.8 Å². The Morgan fingerprint density at radius 2 is 2.35 bits per heavy atom. The van der Waals surface area contributed by atoms with E-state index in [0.717, 1.165) is 12.1 Å². The molecule has 0 aromatic carbocycles. The van der Waals surface area contributed by atoms with Gasteiger partial charge in [-0.05, 0) is 38.1 Å². The maximum absolute atomic E-state index is 12.9. The highest BCUT2D eigenvalue weighted by atomic mass is 19.1. The van der Waals surface area contributed by atoms with Crippen molar-refractivity contribution in [1.29, 1.82) is 0 Å². The van der Waals surface area contributed by atoms with Gasteiger partial charge in [-0.25, -0.2) is 4.39 Å². The van der Waals surface area contributed by atoms with E-state index >= 15 is 0 Å². The molecule has 0 saturated carbocycles. The van der Waals surface area contributed by atoms with Crippen molar-refractivity contribution < 1.29 is 4.39 Å². The van der Waals surface area contributed by atoms with Crippen molar-refractivity contribution in [2.75, 3.05) is 20.1 Å². The summed E-state index contributed by atoms with van der Waals surface area (Å²) in [7, 11) is 2.18. The quantitative estimate of drug-likeness (QED) is 0.865. The number of halogens is 1. The zero-order chi connectivity index (χ0) is 12.1. The van der Waals surface area contributed by atoms with Crippen LogP contribution in [0.15, 0.2) is 18.5 Å². The Hall–Kier alpha value is -1.00. The monoisotopic (exact) mass is 237 g/mol. The molecule has 1 fully saturated rings. The van der Waals surface area contributed by atoms with Crippen LogP contribution in [0.25, 0.3) is 0 Å². The van der Waals surface area contributed by atoms with Crippen LogP contribution in [-0.2, 0) is 6.54 Å². The molecule has 2 rings (SSSR count). The Morgan fingerprint density at radius 1 is 1.47 bits per heavy atom. The van der Waals surface area contributed by atoms with Crippen molar-refractivity contribution >= 4 is 0 Å². The second-order valence-electron chi connectivity index (χ2n) is 4.77. The maximum atomic E-state index is 12.9. The average Bonchev–Trinajstić information content (AvgIpc) is 2.32. The Morgan fingerprint density at radius 3 is 3.12 bits per heavy atom. The highest BCUT2D eigenvalue weighted by Crippen LogP contribution is 2.14. The molecule has 3 nitrogen and oxygen atoms in total. The third-order valence-electron chi connectivity index (χ3n) is 3.39. The van der Waals surface area contributed by atoms with Crippen LogP contribution in [0.4, 0.5) is 4.39 Å². The van der Waals surface area contributed by atoms with Crippen LogP contribution >= 0.6 is 0 Å². The van der Waals surface area contributed by atoms with E-state index in [-0.39, 0.29) is 5.82 Å². The van der Waals surface area contributed by atoms with Gasteiger partial charge in [0.2, 0.25) is 0 Å². The summed E-state index contributed by atoms with van der Waals surface area (Å²) in [5.74, 6) is -0.265. The molecule has 1 aliphatic heterocycles. The van der Waals surface area contributed by atoms with Crippen molar-refractivity contribution in [2.45, 2.75) is 31.8 Å². The molecule has 1 aromatic rings. The second-order valence-corrected chi connectivity index (χ2v) is 4.77. The summed E-state index contributed by atoms with van der Waals surface area (Å²) in [5, 5.41) is 3.38. The van der Waals surface area contributed by atoms with Gasteiger partial charge in [0.15, 0.2) is 0 Å².